The maximum Gasteiger partial charge on any atom is 0.408 e. The number of rotatable bonds is 9. The Morgan fingerprint density at radius 1 is 0.967 bits per heavy atom. The van der Waals surface area contributed by atoms with Crippen molar-refractivity contribution in [2.75, 3.05) is 13.7 Å². The van der Waals surface area contributed by atoms with Crippen molar-refractivity contribution >= 4 is 12.0 Å². The highest BCUT2D eigenvalue weighted by molar-refractivity contribution is 5.85. The zero-order valence-electron chi connectivity index (χ0n) is 17.9. The molecule has 2 aromatic carbocycles. The van der Waals surface area contributed by atoms with Crippen molar-refractivity contribution in [2.45, 2.75) is 45.6 Å². The summed E-state index contributed by atoms with van der Waals surface area (Å²) in [6.45, 7) is 6.11. The van der Waals surface area contributed by atoms with Gasteiger partial charge in [-0.3, -0.25) is 4.79 Å². The molecule has 1 atom stereocenters. The predicted molar refractivity (Wildman–Crippen MR) is 114 cm³/mol. The van der Waals surface area contributed by atoms with E-state index >= 15 is 0 Å². The third-order valence-electron chi connectivity index (χ3n) is 3.98. The summed E-state index contributed by atoms with van der Waals surface area (Å²) in [5, 5.41) is 5.33. The quantitative estimate of drug-likeness (QED) is 0.657. The SMILES string of the molecule is COCC(NC(=O)OC(C)(C)C)C(=O)NCc1ccc(OCc2ccccc2)cc1. The maximum absolute atomic E-state index is 12.4. The van der Waals surface area contributed by atoms with Gasteiger partial charge in [0.15, 0.2) is 0 Å². The monoisotopic (exact) mass is 414 g/mol. The molecular weight excluding hydrogens is 384 g/mol. The topological polar surface area (TPSA) is 85.9 Å². The van der Waals surface area contributed by atoms with Crippen LogP contribution in [0.3, 0.4) is 0 Å². The van der Waals surface area contributed by atoms with Gasteiger partial charge in [0.2, 0.25) is 5.91 Å². The molecule has 0 aliphatic heterocycles. The lowest BCUT2D eigenvalue weighted by atomic mass is 10.2. The Labute approximate surface area is 177 Å². The third kappa shape index (κ3) is 8.53. The second kappa shape index (κ2) is 11.2. The summed E-state index contributed by atoms with van der Waals surface area (Å²) in [4.78, 5) is 24.4. The van der Waals surface area contributed by atoms with E-state index in [-0.39, 0.29) is 12.5 Å². The first-order valence-corrected chi connectivity index (χ1v) is 9.78. The normalized spacial score (nSPS) is 12.0. The molecule has 0 aliphatic carbocycles. The molecule has 0 aromatic heterocycles. The Kier molecular flexibility index (Phi) is 8.68. The summed E-state index contributed by atoms with van der Waals surface area (Å²) in [7, 11) is 1.46. The van der Waals surface area contributed by atoms with Gasteiger partial charge in [0.05, 0.1) is 6.61 Å². The standard InChI is InChI=1S/C23H30N2O5/c1-23(2,3)30-22(27)25-20(16-28-4)21(26)24-14-17-10-12-19(13-11-17)29-15-18-8-6-5-7-9-18/h5-13,20H,14-16H2,1-4H3,(H,24,26)(H,25,27). The van der Waals surface area contributed by atoms with Gasteiger partial charge >= 0.3 is 6.09 Å². The molecule has 0 heterocycles. The lowest BCUT2D eigenvalue weighted by Gasteiger charge is -2.23. The van der Waals surface area contributed by atoms with Gasteiger partial charge in [-0.15, -0.1) is 0 Å². The van der Waals surface area contributed by atoms with E-state index in [1.807, 2.05) is 54.6 Å². The van der Waals surface area contributed by atoms with Gasteiger partial charge < -0.3 is 24.8 Å². The Bertz CT molecular complexity index is 801. The van der Waals surface area contributed by atoms with Crippen molar-refractivity contribution in [1.29, 1.82) is 0 Å². The number of methoxy groups -OCH3 is 1. The third-order valence-corrected chi connectivity index (χ3v) is 3.98. The molecule has 0 bridgehead atoms. The van der Waals surface area contributed by atoms with Crippen molar-refractivity contribution in [3.8, 4) is 5.75 Å². The molecule has 0 saturated heterocycles. The minimum atomic E-state index is -0.849. The van der Waals surface area contributed by atoms with Gasteiger partial charge in [0.1, 0.15) is 24.0 Å². The van der Waals surface area contributed by atoms with Crippen LogP contribution < -0.4 is 15.4 Å². The first-order chi connectivity index (χ1) is 14.3. The highest BCUT2D eigenvalue weighted by Gasteiger charge is 2.24. The van der Waals surface area contributed by atoms with E-state index in [9.17, 15) is 9.59 Å². The van der Waals surface area contributed by atoms with Crippen LogP contribution in [0.1, 0.15) is 31.9 Å². The summed E-state index contributed by atoms with van der Waals surface area (Å²) in [5.41, 5.74) is 1.35. The number of alkyl carbamates (subject to hydrolysis) is 1. The van der Waals surface area contributed by atoms with E-state index in [0.29, 0.717) is 13.2 Å². The smallest absolute Gasteiger partial charge is 0.408 e. The van der Waals surface area contributed by atoms with E-state index < -0.39 is 17.7 Å². The molecule has 1 unspecified atom stereocenters. The number of ether oxygens (including phenoxy) is 3. The van der Waals surface area contributed by atoms with Gasteiger partial charge in [-0.1, -0.05) is 42.5 Å². The largest absolute Gasteiger partial charge is 0.489 e. The predicted octanol–water partition coefficient (Wildman–Crippen LogP) is 3.42. The van der Waals surface area contributed by atoms with E-state index in [1.165, 1.54) is 7.11 Å². The number of carbonyl (C=O) groups is 2. The lowest BCUT2D eigenvalue weighted by molar-refractivity contribution is -0.124. The number of hydrogen-bond acceptors (Lipinski definition) is 5. The van der Waals surface area contributed by atoms with Gasteiger partial charge in [0, 0.05) is 13.7 Å². The number of amides is 2. The van der Waals surface area contributed by atoms with Crippen LogP contribution in [-0.4, -0.2) is 37.4 Å². The van der Waals surface area contributed by atoms with Gasteiger partial charge in [-0.25, -0.2) is 4.79 Å². The summed E-state index contributed by atoms with van der Waals surface area (Å²) in [5.74, 6) is 0.393. The van der Waals surface area contributed by atoms with E-state index in [0.717, 1.165) is 16.9 Å². The molecule has 2 N–H and O–H groups in total. The zero-order valence-corrected chi connectivity index (χ0v) is 17.9. The van der Waals surface area contributed by atoms with Crippen molar-refractivity contribution in [3.63, 3.8) is 0 Å². The Hall–Kier alpha value is -3.06. The van der Waals surface area contributed by atoms with Crippen molar-refractivity contribution < 1.29 is 23.8 Å². The van der Waals surface area contributed by atoms with Crippen LogP contribution in [0.15, 0.2) is 54.6 Å². The molecule has 2 aromatic rings. The molecule has 0 spiro atoms. The minimum Gasteiger partial charge on any atom is -0.489 e. The first kappa shape index (κ1) is 23.2. The number of benzene rings is 2. The minimum absolute atomic E-state index is 0.0390. The first-order valence-electron chi connectivity index (χ1n) is 9.78. The maximum atomic E-state index is 12.4. The van der Waals surface area contributed by atoms with Crippen molar-refractivity contribution in [3.05, 3.63) is 65.7 Å². The molecule has 2 rings (SSSR count). The van der Waals surface area contributed by atoms with Gasteiger partial charge in [-0.05, 0) is 44.0 Å². The highest BCUT2D eigenvalue weighted by atomic mass is 16.6. The fourth-order valence-corrected chi connectivity index (χ4v) is 2.56. The average molecular weight is 415 g/mol. The number of nitrogens with one attached hydrogen (secondary N) is 2. The molecule has 0 aliphatic rings. The van der Waals surface area contributed by atoms with E-state index in [4.69, 9.17) is 14.2 Å². The molecular formula is C23H30N2O5. The summed E-state index contributed by atoms with van der Waals surface area (Å²) >= 11 is 0. The fraction of sp³-hybridized carbons (Fsp3) is 0.391. The van der Waals surface area contributed by atoms with E-state index in [1.54, 1.807) is 20.8 Å². The molecule has 2 amide bonds. The number of carbonyl (C=O) groups excluding carboxylic acids is 2. The van der Waals surface area contributed by atoms with Crippen molar-refractivity contribution in [1.82, 2.24) is 10.6 Å². The molecule has 7 nitrogen and oxygen atoms in total. The molecule has 7 heteroatoms. The van der Waals surface area contributed by atoms with Crippen LogP contribution in [0.4, 0.5) is 4.79 Å². The Morgan fingerprint density at radius 3 is 2.23 bits per heavy atom. The zero-order chi connectivity index (χ0) is 22.0. The molecule has 0 radical (unpaired) electrons. The van der Waals surface area contributed by atoms with Crippen LogP contribution in [0, 0.1) is 0 Å². The second-order valence-corrected chi connectivity index (χ2v) is 7.79. The summed E-state index contributed by atoms with van der Waals surface area (Å²) in [6, 6.07) is 16.5. The van der Waals surface area contributed by atoms with E-state index in [2.05, 4.69) is 10.6 Å². The Balaban J connectivity index is 1.83. The Morgan fingerprint density at radius 2 is 1.63 bits per heavy atom. The average Bonchev–Trinajstić information content (AvgIpc) is 2.70. The van der Waals surface area contributed by atoms with Crippen LogP contribution >= 0.6 is 0 Å². The van der Waals surface area contributed by atoms with Gasteiger partial charge in [-0.2, -0.15) is 0 Å². The van der Waals surface area contributed by atoms with Crippen molar-refractivity contribution in [2.24, 2.45) is 0 Å². The summed E-state index contributed by atoms with van der Waals surface area (Å²) < 4.78 is 16.0. The van der Waals surface area contributed by atoms with Crippen LogP contribution in [0.2, 0.25) is 0 Å². The van der Waals surface area contributed by atoms with Crippen LogP contribution in [0.25, 0.3) is 0 Å². The molecule has 30 heavy (non-hydrogen) atoms. The highest BCUT2D eigenvalue weighted by Crippen LogP contribution is 2.14. The molecule has 0 fully saturated rings. The lowest BCUT2D eigenvalue weighted by Crippen LogP contribution is -2.50. The second-order valence-electron chi connectivity index (χ2n) is 7.79. The summed E-state index contributed by atoms with van der Waals surface area (Å²) in [6.07, 6.45) is -0.667. The molecule has 0 saturated carbocycles. The van der Waals surface area contributed by atoms with Gasteiger partial charge in [0.25, 0.3) is 0 Å². The van der Waals surface area contributed by atoms with Crippen LogP contribution in [-0.2, 0) is 27.4 Å². The fourth-order valence-electron chi connectivity index (χ4n) is 2.56. The molecule has 162 valence electrons. The van der Waals surface area contributed by atoms with Crippen LogP contribution in [0.5, 0.6) is 5.75 Å². The number of hydrogen-bond donors (Lipinski definition) is 2.